The van der Waals surface area contributed by atoms with E-state index in [9.17, 15) is 4.79 Å². The molecule has 104 valence electrons. The molecule has 0 atom stereocenters. The molecule has 0 unspecified atom stereocenters. The molecule has 0 saturated heterocycles. The average Bonchev–Trinajstić information content (AvgIpc) is 3.22. The van der Waals surface area contributed by atoms with Gasteiger partial charge in [0.05, 0.1) is 6.54 Å². The van der Waals surface area contributed by atoms with Crippen molar-refractivity contribution in [3.05, 3.63) is 29.8 Å². The summed E-state index contributed by atoms with van der Waals surface area (Å²) in [7, 11) is 1.85. The molecule has 1 saturated carbocycles. The molecular weight excluding hydrogens is 236 g/mol. The van der Waals surface area contributed by atoms with E-state index in [1.54, 1.807) is 4.90 Å². The molecule has 0 bridgehead atoms. The van der Waals surface area contributed by atoms with Gasteiger partial charge in [-0.25, -0.2) is 0 Å². The molecule has 0 aliphatic heterocycles. The molecule has 19 heavy (non-hydrogen) atoms. The summed E-state index contributed by atoms with van der Waals surface area (Å²) in [5.41, 5.74) is 2.24. The number of nitrogens with one attached hydrogen (secondary N) is 1. The number of carbonyl (C=O) groups is 1. The first-order valence-corrected chi connectivity index (χ1v) is 7.15. The summed E-state index contributed by atoms with van der Waals surface area (Å²) in [5, 5.41) is 3.24. The lowest BCUT2D eigenvalue weighted by atomic mass is 10.0. The van der Waals surface area contributed by atoms with Crippen molar-refractivity contribution in [2.75, 3.05) is 25.0 Å². The Morgan fingerprint density at radius 1 is 1.42 bits per heavy atom. The number of hydrogen-bond acceptors (Lipinski definition) is 2. The second kappa shape index (κ2) is 6.20. The molecule has 3 heteroatoms. The van der Waals surface area contributed by atoms with Crippen molar-refractivity contribution >= 4 is 11.6 Å². The fraction of sp³-hybridized carbons (Fsp3) is 0.562. The van der Waals surface area contributed by atoms with Gasteiger partial charge in [-0.05, 0) is 48.9 Å². The van der Waals surface area contributed by atoms with E-state index in [-0.39, 0.29) is 5.91 Å². The summed E-state index contributed by atoms with van der Waals surface area (Å²) in [5.74, 6) is 1.42. The van der Waals surface area contributed by atoms with Crippen molar-refractivity contribution in [2.24, 2.45) is 5.92 Å². The molecule has 1 N–H and O–H groups in total. The van der Waals surface area contributed by atoms with Crippen LogP contribution < -0.4 is 10.2 Å². The van der Waals surface area contributed by atoms with Crippen molar-refractivity contribution in [3.63, 3.8) is 0 Å². The highest BCUT2D eigenvalue weighted by Gasteiger charge is 2.21. The van der Waals surface area contributed by atoms with Crippen LogP contribution in [-0.2, 0) is 4.79 Å². The number of likely N-dealkylation sites (N-methyl/N-ethyl adjacent to an activating group) is 1. The summed E-state index contributed by atoms with van der Waals surface area (Å²) < 4.78 is 0. The maximum atomic E-state index is 12.1. The molecule has 0 heterocycles. The third-order valence-electron chi connectivity index (χ3n) is 3.70. The first-order chi connectivity index (χ1) is 9.08. The Balaban J connectivity index is 1.91. The Hall–Kier alpha value is -1.35. The van der Waals surface area contributed by atoms with Crippen LogP contribution in [0.1, 0.15) is 38.2 Å². The van der Waals surface area contributed by atoms with Gasteiger partial charge < -0.3 is 10.2 Å². The lowest BCUT2D eigenvalue weighted by Gasteiger charge is -2.19. The molecule has 3 nitrogen and oxygen atoms in total. The van der Waals surface area contributed by atoms with Crippen LogP contribution in [0, 0.1) is 5.92 Å². The molecular formula is C16H24N2O. The normalized spacial score (nSPS) is 14.7. The van der Waals surface area contributed by atoms with Gasteiger partial charge in [-0.1, -0.05) is 26.0 Å². The van der Waals surface area contributed by atoms with Crippen LogP contribution in [0.4, 0.5) is 5.69 Å². The van der Waals surface area contributed by atoms with E-state index in [1.165, 1.54) is 18.4 Å². The van der Waals surface area contributed by atoms with E-state index in [4.69, 9.17) is 0 Å². The number of anilines is 1. The molecule has 1 aliphatic carbocycles. The molecule has 1 aliphatic rings. The Labute approximate surface area is 116 Å². The zero-order valence-electron chi connectivity index (χ0n) is 12.1. The predicted octanol–water partition coefficient (Wildman–Crippen LogP) is 2.77. The van der Waals surface area contributed by atoms with Crippen LogP contribution in [0.3, 0.4) is 0 Å². The zero-order chi connectivity index (χ0) is 13.8. The van der Waals surface area contributed by atoms with E-state index in [2.05, 4.69) is 31.3 Å². The fourth-order valence-corrected chi connectivity index (χ4v) is 2.06. The molecule has 1 aromatic carbocycles. The summed E-state index contributed by atoms with van der Waals surface area (Å²) in [6.07, 6.45) is 2.63. The van der Waals surface area contributed by atoms with Crippen LogP contribution in [0.25, 0.3) is 0 Å². The maximum absolute atomic E-state index is 12.1. The maximum Gasteiger partial charge on any atom is 0.240 e. The minimum absolute atomic E-state index is 0.126. The van der Waals surface area contributed by atoms with Gasteiger partial charge in [0.25, 0.3) is 0 Å². The van der Waals surface area contributed by atoms with Crippen LogP contribution in [0.5, 0.6) is 0 Å². The van der Waals surface area contributed by atoms with Gasteiger partial charge in [0.1, 0.15) is 0 Å². The number of carbonyl (C=O) groups excluding carboxylic acids is 1. The number of nitrogens with zero attached hydrogens (tertiary/aromatic N) is 1. The summed E-state index contributed by atoms with van der Waals surface area (Å²) in [4.78, 5) is 13.8. The topological polar surface area (TPSA) is 32.3 Å². The third-order valence-corrected chi connectivity index (χ3v) is 3.70. The van der Waals surface area contributed by atoms with Gasteiger partial charge >= 0.3 is 0 Å². The first-order valence-electron chi connectivity index (χ1n) is 7.15. The highest BCUT2D eigenvalue weighted by molar-refractivity contribution is 5.94. The average molecular weight is 260 g/mol. The van der Waals surface area contributed by atoms with Gasteiger partial charge in [-0.2, -0.15) is 0 Å². The van der Waals surface area contributed by atoms with E-state index in [0.717, 1.165) is 18.2 Å². The number of hydrogen-bond donors (Lipinski definition) is 1. The molecule has 0 spiro atoms. The predicted molar refractivity (Wildman–Crippen MR) is 79.5 cm³/mol. The first kappa shape index (κ1) is 14.1. The van der Waals surface area contributed by atoms with Crippen LogP contribution in [0.2, 0.25) is 0 Å². The Bertz CT molecular complexity index is 438. The standard InChI is InChI=1S/C16H24N2O/c1-12(2)14-5-4-6-15(9-14)18(3)16(19)11-17-10-13-7-8-13/h4-6,9,12-13,17H,7-8,10-11H2,1-3H3. The van der Waals surface area contributed by atoms with E-state index >= 15 is 0 Å². The van der Waals surface area contributed by atoms with Crippen LogP contribution in [0.15, 0.2) is 24.3 Å². The second-order valence-corrected chi connectivity index (χ2v) is 5.78. The van der Waals surface area contributed by atoms with Gasteiger partial charge in [0, 0.05) is 12.7 Å². The van der Waals surface area contributed by atoms with Crippen molar-refractivity contribution in [2.45, 2.75) is 32.6 Å². The van der Waals surface area contributed by atoms with E-state index in [0.29, 0.717) is 12.5 Å². The Morgan fingerprint density at radius 2 is 2.16 bits per heavy atom. The quantitative estimate of drug-likeness (QED) is 0.853. The summed E-state index contributed by atoms with van der Waals surface area (Å²) >= 11 is 0. The van der Waals surface area contributed by atoms with Crippen molar-refractivity contribution in [1.82, 2.24) is 5.32 Å². The number of amides is 1. The molecule has 1 fully saturated rings. The molecule has 2 rings (SSSR count). The molecule has 0 radical (unpaired) electrons. The van der Waals surface area contributed by atoms with Gasteiger partial charge in [-0.15, -0.1) is 0 Å². The van der Waals surface area contributed by atoms with Crippen molar-refractivity contribution in [3.8, 4) is 0 Å². The van der Waals surface area contributed by atoms with Gasteiger partial charge in [0.15, 0.2) is 0 Å². The molecule has 1 amide bonds. The fourth-order valence-electron chi connectivity index (χ4n) is 2.06. The van der Waals surface area contributed by atoms with E-state index in [1.807, 2.05) is 19.2 Å². The smallest absolute Gasteiger partial charge is 0.240 e. The largest absolute Gasteiger partial charge is 0.314 e. The minimum atomic E-state index is 0.126. The molecule has 1 aromatic rings. The third kappa shape index (κ3) is 4.06. The van der Waals surface area contributed by atoms with E-state index < -0.39 is 0 Å². The highest BCUT2D eigenvalue weighted by atomic mass is 16.2. The van der Waals surface area contributed by atoms with Crippen molar-refractivity contribution in [1.29, 1.82) is 0 Å². The number of rotatable bonds is 6. The second-order valence-electron chi connectivity index (χ2n) is 5.78. The lowest BCUT2D eigenvalue weighted by molar-refractivity contribution is -0.117. The SMILES string of the molecule is CC(C)c1cccc(N(C)C(=O)CNCC2CC2)c1. The van der Waals surface area contributed by atoms with Gasteiger partial charge in [-0.3, -0.25) is 4.79 Å². The zero-order valence-corrected chi connectivity index (χ0v) is 12.1. The lowest BCUT2D eigenvalue weighted by Crippen LogP contribution is -2.36. The van der Waals surface area contributed by atoms with Gasteiger partial charge in [0.2, 0.25) is 5.91 Å². The van der Waals surface area contributed by atoms with Crippen molar-refractivity contribution < 1.29 is 4.79 Å². The van der Waals surface area contributed by atoms with Crippen LogP contribution >= 0.6 is 0 Å². The monoisotopic (exact) mass is 260 g/mol. The Kier molecular flexibility index (Phi) is 4.59. The van der Waals surface area contributed by atoms with Crippen LogP contribution in [-0.4, -0.2) is 26.0 Å². The highest BCUT2D eigenvalue weighted by Crippen LogP contribution is 2.27. The Morgan fingerprint density at radius 3 is 2.79 bits per heavy atom. The summed E-state index contributed by atoms with van der Waals surface area (Å²) in [6.45, 7) is 5.74. The molecule has 0 aromatic heterocycles. The minimum Gasteiger partial charge on any atom is -0.314 e. The number of benzene rings is 1. The summed E-state index contributed by atoms with van der Waals surface area (Å²) in [6, 6.07) is 8.22.